The predicted molar refractivity (Wildman–Crippen MR) is 45.9 cm³/mol. The van der Waals surface area contributed by atoms with E-state index in [1.807, 2.05) is 6.07 Å². The molecule has 0 amide bonds. The molecule has 1 aromatic carbocycles. The summed E-state index contributed by atoms with van der Waals surface area (Å²) in [6.45, 7) is -0.0336. The number of phenolic OH excluding ortho intramolecular Hbond substituents is 1. The summed E-state index contributed by atoms with van der Waals surface area (Å²) in [5.74, 6) is 0.239. The number of aromatic hydroxyl groups is 1. The third-order valence-electron chi connectivity index (χ3n) is 1.87. The largest absolute Gasteiger partial charge is 0.507 e. The van der Waals surface area contributed by atoms with E-state index in [-0.39, 0.29) is 12.4 Å². The van der Waals surface area contributed by atoms with Crippen molar-refractivity contribution < 1.29 is 10.2 Å². The highest BCUT2D eigenvalue weighted by atomic mass is 16.3. The maximum absolute atomic E-state index is 9.38. The fraction of sp³-hybridized carbons (Fsp3) is 0.111. The molecule has 0 aliphatic heterocycles. The Hall–Kier alpha value is -1.48. The smallest absolute Gasteiger partial charge is 0.124 e. The van der Waals surface area contributed by atoms with Crippen LogP contribution in [0.15, 0.2) is 24.3 Å². The van der Waals surface area contributed by atoms with Crippen molar-refractivity contribution in [1.82, 2.24) is 4.98 Å². The third-order valence-corrected chi connectivity index (χ3v) is 1.87. The van der Waals surface area contributed by atoms with Gasteiger partial charge in [0.05, 0.1) is 6.61 Å². The predicted octanol–water partition coefficient (Wildman–Crippen LogP) is 1.37. The first-order chi connectivity index (χ1) is 5.81. The number of aromatic amines is 1. The summed E-state index contributed by atoms with van der Waals surface area (Å²) in [6.07, 6.45) is 0. The molecule has 0 aliphatic carbocycles. The number of rotatable bonds is 1. The number of phenols is 1. The highest BCUT2D eigenvalue weighted by Crippen LogP contribution is 2.24. The first-order valence-corrected chi connectivity index (χ1v) is 3.71. The fourth-order valence-electron chi connectivity index (χ4n) is 1.28. The second kappa shape index (κ2) is 2.53. The van der Waals surface area contributed by atoms with Crippen LogP contribution in [0.5, 0.6) is 5.75 Å². The first-order valence-electron chi connectivity index (χ1n) is 3.71. The van der Waals surface area contributed by atoms with Crippen molar-refractivity contribution in [2.45, 2.75) is 6.61 Å². The van der Waals surface area contributed by atoms with Crippen molar-refractivity contribution in [3.05, 3.63) is 30.0 Å². The zero-order valence-corrected chi connectivity index (χ0v) is 6.41. The van der Waals surface area contributed by atoms with Crippen molar-refractivity contribution >= 4 is 10.9 Å². The van der Waals surface area contributed by atoms with E-state index in [4.69, 9.17) is 5.11 Å². The van der Waals surface area contributed by atoms with Crippen LogP contribution in [0, 0.1) is 0 Å². The Bertz CT molecular complexity index is 406. The lowest BCUT2D eigenvalue weighted by Gasteiger charge is -1.91. The van der Waals surface area contributed by atoms with Gasteiger partial charge < -0.3 is 15.2 Å². The molecule has 0 saturated heterocycles. The molecule has 1 aromatic heterocycles. The Labute approximate surface area is 69.3 Å². The van der Waals surface area contributed by atoms with Gasteiger partial charge in [0.1, 0.15) is 5.75 Å². The number of fused-ring (bicyclic) bond motifs is 1. The van der Waals surface area contributed by atoms with Crippen LogP contribution in [0.1, 0.15) is 5.69 Å². The van der Waals surface area contributed by atoms with Crippen molar-refractivity contribution in [2.75, 3.05) is 0 Å². The van der Waals surface area contributed by atoms with Crippen molar-refractivity contribution in [3.63, 3.8) is 0 Å². The SMILES string of the molecule is OCc1cc2c(O)cccc2[nH]1. The molecule has 2 rings (SSSR count). The maximum Gasteiger partial charge on any atom is 0.124 e. The minimum atomic E-state index is -0.0336. The summed E-state index contributed by atoms with van der Waals surface area (Å²) in [5.41, 5.74) is 1.56. The zero-order valence-electron chi connectivity index (χ0n) is 6.41. The van der Waals surface area contributed by atoms with Gasteiger partial charge in [0.25, 0.3) is 0 Å². The van der Waals surface area contributed by atoms with E-state index in [0.29, 0.717) is 5.69 Å². The normalized spacial score (nSPS) is 10.8. The molecule has 3 nitrogen and oxygen atoms in total. The van der Waals surface area contributed by atoms with Gasteiger partial charge in [-0.2, -0.15) is 0 Å². The van der Waals surface area contributed by atoms with Gasteiger partial charge in [-0.3, -0.25) is 0 Å². The van der Waals surface area contributed by atoms with Crippen LogP contribution >= 0.6 is 0 Å². The van der Waals surface area contributed by atoms with E-state index in [1.165, 1.54) is 0 Å². The average molecular weight is 163 g/mol. The Morgan fingerprint density at radius 3 is 2.83 bits per heavy atom. The third kappa shape index (κ3) is 0.950. The molecule has 0 spiro atoms. The van der Waals surface area contributed by atoms with Gasteiger partial charge in [-0.15, -0.1) is 0 Å². The fourth-order valence-corrected chi connectivity index (χ4v) is 1.28. The van der Waals surface area contributed by atoms with Gasteiger partial charge in [0.2, 0.25) is 0 Å². The van der Waals surface area contributed by atoms with Crippen LogP contribution in [0.4, 0.5) is 0 Å². The van der Waals surface area contributed by atoms with Gasteiger partial charge in [-0.25, -0.2) is 0 Å². The van der Waals surface area contributed by atoms with E-state index in [2.05, 4.69) is 4.98 Å². The number of hydrogen-bond acceptors (Lipinski definition) is 2. The van der Waals surface area contributed by atoms with Crippen molar-refractivity contribution in [3.8, 4) is 5.75 Å². The summed E-state index contributed by atoms with van der Waals surface area (Å²) in [4.78, 5) is 2.98. The molecule has 0 unspecified atom stereocenters. The molecule has 0 bridgehead atoms. The van der Waals surface area contributed by atoms with Crippen LogP contribution in [-0.2, 0) is 6.61 Å². The Morgan fingerprint density at radius 1 is 1.33 bits per heavy atom. The van der Waals surface area contributed by atoms with E-state index in [0.717, 1.165) is 10.9 Å². The van der Waals surface area contributed by atoms with Gasteiger partial charge >= 0.3 is 0 Å². The quantitative estimate of drug-likeness (QED) is 0.594. The van der Waals surface area contributed by atoms with E-state index < -0.39 is 0 Å². The molecule has 12 heavy (non-hydrogen) atoms. The van der Waals surface area contributed by atoms with Gasteiger partial charge in [-0.1, -0.05) is 6.07 Å². The highest BCUT2D eigenvalue weighted by Gasteiger charge is 2.02. The number of benzene rings is 1. The number of nitrogens with one attached hydrogen (secondary N) is 1. The molecule has 0 radical (unpaired) electrons. The monoisotopic (exact) mass is 163 g/mol. The minimum Gasteiger partial charge on any atom is -0.507 e. The van der Waals surface area contributed by atoms with Crippen molar-refractivity contribution in [1.29, 1.82) is 0 Å². The van der Waals surface area contributed by atoms with Crippen LogP contribution in [-0.4, -0.2) is 15.2 Å². The molecular formula is C9H9NO2. The Morgan fingerprint density at radius 2 is 2.17 bits per heavy atom. The molecule has 3 heteroatoms. The van der Waals surface area contributed by atoms with Gasteiger partial charge in [-0.05, 0) is 18.2 Å². The zero-order chi connectivity index (χ0) is 8.55. The van der Waals surface area contributed by atoms with Gasteiger partial charge in [0.15, 0.2) is 0 Å². The van der Waals surface area contributed by atoms with Gasteiger partial charge in [0, 0.05) is 16.6 Å². The van der Waals surface area contributed by atoms with Crippen molar-refractivity contribution in [2.24, 2.45) is 0 Å². The number of hydrogen-bond donors (Lipinski definition) is 3. The number of H-pyrrole nitrogens is 1. The van der Waals surface area contributed by atoms with Crippen LogP contribution in [0.2, 0.25) is 0 Å². The molecule has 3 N–H and O–H groups in total. The molecule has 0 fully saturated rings. The number of aromatic nitrogens is 1. The second-order valence-corrected chi connectivity index (χ2v) is 2.69. The lowest BCUT2D eigenvalue weighted by molar-refractivity contribution is 0.278. The average Bonchev–Trinajstić information content (AvgIpc) is 2.49. The summed E-state index contributed by atoms with van der Waals surface area (Å²) in [6, 6.07) is 6.98. The molecule has 1 heterocycles. The van der Waals surface area contributed by atoms with Crippen LogP contribution in [0.3, 0.4) is 0 Å². The molecule has 0 aliphatic rings. The molecule has 0 atom stereocenters. The molecule has 62 valence electrons. The van der Waals surface area contributed by atoms with E-state index in [1.54, 1.807) is 18.2 Å². The molecule has 2 aromatic rings. The standard InChI is InChI=1S/C9H9NO2/c11-5-6-4-7-8(10-6)2-1-3-9(7)12/h1-4,10-12H,5H2. The number of aliphatic hydroxyl groups excluding tert-OH is 1. The Kier molecular flexibility index (Phi) is 1.52. The second-order valence-electron chi connectivity index (χ2n) is 2.69. The van der Waals surface area contributed by atoms with Crippen LogP contribution < -0.4 is 0 Å². The lowest BCUT2D eigenvalue weighted by Crippen LogP contribution is -1.78. The highest BCUT2D eigenvalue weighted by molar-refractivity contribution is 5.86. The summed E-state index contributed by atoms with van der Waals surface area (Å²) < 4.78 is 0. The van der Waals surface area contributed by atoms with E-state index >= 15 is 0 Å². The molecular weight excluding hydrogens is 154 g/mol. The summed E-state index contributed by atoms with van der Waals surface area (Å²) in [7, 11) is 0. The topological polar surface area (TPSA) is 56.2 Å². The summed E-state index contributed by atoms with van der Waals surface area (Å²) in [5, 5.41) is 18.9. The maximum atomic E-state index is 9.38. The Balaban J connectivity index is 2.74. The van der Waals surface area contributed by atoms with E-state index in [9.17, 15) is 5.11 Å². The first kappa shape index (κ1) is 7.18. The number of aliphatic hydroxyl groups is 1. The lowest BCUT2D eigenvalue weighted by atomic mass is 10.2. The summed E-state index contributed by atoms with van der Waals surface area (Å²) >= 11 is 0. The molecule has 0 saturated carbocycles. The van der Waals surface area contributed by atoms with Crippen LogP contribution in [0.25, 0.3) is 10.9 Å². The minimum absolute atomic E-state index is 0.0336.